The van der Waals surface area contributed by atoms with E-state index < -0.39 is 0 Å². The molecular weight excluding hydrogens is 428 g/mol. The summed E-state index contributed by atoms with van der Waals surface area (Å²) < 4.78 is 0. The number of ketones is 1. The largest absolute Gasteiger partial charge is 0.361 e. The number of rotatable bonds is 8. The number of hydrogen-bond donors (Lipinski definition) is 1. The molecule has 0 atom stereocenters. The topological polar surface area (TPSA) is 56.6 Å². The molecule has 0 spiro atoms. The second-order valence-corrected chi connectivity index (χ2v) is 8.43. The molecule has 1 aromatic heterocycles. The maximum absolute atomic E-state index is 10.7. The summed E-state index contributed by atoms with van der Waals surface area (Å²) in [6.45, 7) is 15.4. The van der Waals surface area contributed by atoms with Gasteiger partial charge in [-0.2, -0.15) is 5.26 Å². The summed E-state index contributed by atoms with van der Waals surface area (Å²) in [4.78, 5) is 13.9. The number of benzene rings is 2. The quantitative estimate of drug-likeness (QED) is 0.262. The lowest BCUT2D eigenvalue weighted by Crippen LogP contribution is -1.82. The number of para-hydroxylation sites is 1. The molecule has 0 aliphatic rings. The molecule has 0 saturated heterocycles. The molecule has 0 fully saturated rings. The first-order valence-electron chi connectivity index (χ1n) is 12.6. The number of nitrogens with one attached hydrogen (secondary N) is 1. The van der Waals surface area contributed by atoms with E-state index >= 15 is 0 Å². The van der Waals surface area contributed by atoms with Gasteiger partial charge in [0, 0.05) is 24.0 Å². The Balaban J connectivity index is 0.000000487. The number of nitriles is 1. The molecule has 35 heavy (non-hydrogen) atoms. The van der Waals surface area contributed by atoms with Crippen LogP contribution in [0.1, 0.15) is 83.9 Å². The summed E-state index contributed by atoms with van der Waals surface area (Å²) in [7, 11) is 0. The molecule has 3 rings (SSSR count). The molecule has 0 unspecified atom stereocenters. The molecule has 0 bridgehead atoms. The molecule has 3 aromatic rings. The van der Waals surface area contributed by atoms with Crippen LogP contribution in [-0.4, -0.2) is 10.8 Å². The number of allylic oxidation sites excluding steroid dienone is 2. The number of hydrogen-bond acceptors (Lipinski definition) is 2. The molecule has 0 saturated carbocycles. The van der Waals surface area contributed by atoms with Crippen LogP contribution in [0.25, 0.3) is 17.0 Å². The van der Waals surface area contributed by atoms with Crippen LogP contribution >= 0.6 is 0 Å². The Kier molecular flexibility index (Phi) is 18.1. The van der Waals surface area contributed by atoms with Gasteiger partial charge >= 0.3 is 0 Å². The summed E-state index contributed by atoms with van der Waals surface area (Å²) in [6.07, 6.45) is 12.8. The molecule has 188 valence electrons. The Labute approximate surface area is 213 Å². The molecule has 0 radical (unpaired) electrons. The van der Waals surface area contributed by atoms with Crippen LogP contribution in [0.2, 0.25) is 0 Å². The summed E-state index contributed by atoms with van der Waals surface area (Å²) in [5.41, 5.74) is 6.39. The first-order chi connectivity index (χ1) is 16.8. The highest BCUT2D eigenvalue weighted by molar-refractivity contribution is 5.91. The molecule has 0 aliphatic heterocycles. The molecule has 3 nitrogen and oxygen atoms in total. The standard InChI is InChI=1S/C12H14O.C11H13N.C7H14.C2H3N/c1-3-11-6-8-12(9-7-11)5-4-10(2)13;1-2-5-9-8-12-11-7-4-3-6-10(9)11;1-4-5-6-7(2)3;1-2-3/h4-9H,3H2,1-2H3;3-4,6-8,12H,2,5H2,1H3;2,4-6H2,1,3H3;1H3/b5-4+;;;. The highest BCUT2D eigenvalue weighted by Crippen LogP contribution is 2.18. The van der Waals surface area contributed by atoms with E-state index in [1.54, 1.807) is 19.1 Å². The summed E-state index contributed by atoms with van der Waals surface area (Å²) >= 11 is 0. The number of aromatic amines is 1. The molecule has 0 aliphatic carbocycles. The molecule has 3 heteroatoms. The van der Waals surface area contributed by atoms with Crippen LogP contribution in [0.15, 0.2) is 73.0 Å². The van der Waals surface area contributed by atoms with Crippen LogP contribution in [0.4, 0.5) is 0 Å². The van der Waals surface area contributed by atoms with E-state index in [0.717, 1.165) is 12.0 Å². The van der Waals surface area contributed by atoms with Crippen molar-refractivity contribution in [2.75, 3.05) is 0 Å². The zero-order chi connectivity index (χ0) is 26.5. The SMILES string of the molecule is C=C(C)CCCC.CC#N.CCCc1c[nH]c2ccccc12.CCc1ccc(/C=C/C(C)=O)cc1. The Morgan fingerprint density at radius 1 is 1.03 bits per heavy atom. The average Bonchev–Trinajstić information content (AvgIpc) is 3.26. The van der Waals surface area contributed by atoms with Gasteiger partial charge in [0.05, 0.1) is 6.07 Å². The van der Waals surface area contributed by atoms with Gasteiger partial charge in [0.1, 0.15) is 0 Å². The number of H-pyrrole nitrogens is 1. The van der Waals surface area contributed by atoms with Gasteiger partial charge in [-0.05, 0) is 68.4 Å². The third kappa shape index (κ3) is 15.2. The van der Waals surface area contributed by atoms with Crippen molar-refractivity contribution in [3.8, 4) is 6.07 Å². The molecule has 0 amide bonds. The van der Waals surface area contributed by atoms with Gasteiger partial charge in [-0.15, -0.1) is 6.58 Å². The van der Waals surface area contributed by atoms with Gasteiger partial charge in [0.15, 0.2) is 5.78 Å². The minimum absolute atomic E-state index is 0.0829. The molecule has 2 aromatic carbocycles. The fourth-order valence-corrected chi connectivity index (χ4v) is 3.16. The number of aromatic nitrogens is 1. The fourth-order valence-electron chi connectivity index (χ4n) is 3.16. The van der Waals surface area contributed by atoms with Crippen LogP contribution in [0, 0.1) is 11.3 Å². The molecule has 1 N–H and O–H groups in total. The van der Waals surface area contributed by atoms with E-state index in [0.29, 0.717) is 0 Å². The second-order valence-electron chi connectivity index (χ2n) is 8.43. The third-order valence-electron chi connectivity index (χ3n) is 5.05. The zero-order valence-electron chi connectivity index (χ0n) is 22.7. The van der Waals surface area contributed by atoms with Crippen LogP contribution in [0.3, 0.4) is 0 Å². The molecule has 1 heterocycles. The van der Waals surface area contributed by atoms with Gasteiger partial charge in [0.2, 0.25) is 0 Å². The number of carbonyl (C=O) groups excluding carboxylic acids is 1. The van der Waals surface area contributed by atoms with Gasteiger partial charge in [0.25, 0.3) is 0 Å². The van der Waals surface area contributed by atoms with Gasteiger partial charge in [-0.1, -0.05) is 87.7 Å². The lowest BCUT2D eigenvalue weighted by molar-refractivity contribution is -0.112. The van der Waals surface area contributed by atoms with Gasteiger partial charge in [-0.3, -0.25) is 4.79 Å². The van der Waals surface area contributed by atoms with Crippen molar-refractivity contribution in [3.63, 3.8) is 0 Å². The Morgan fingerprint density at radius 3 is 2.14 bits per heavy atom. The van der Waals surface area contributed by atoms with E-state index in [2.05, 4.69) is 81.9 Å². The second kappa shape index (κ2) is 20.0. The first kappa shape index (κ1) is 31.6. The smallest absolute Gasteiger partial charge is 0.152 e. The summed E-state index contributed by atoms with van der Waals surface area (Å²) in [5, 5.41) is 8.69. The van der Waals surface area contributed by atoms with E-state index in [9.17, 15) is 4.79 Å². The van der Waals surface area contributed by atoms with E-state index in [4.69, 9.17) is 5.26 Å². The zero-order valence-corrected chi connectivity index (χ0v) is 22.7. The normalized spacial score (nSPS) is 9.63. The minimum atomic E-state index is 0.0829. The van der Waals surface area contributed by atoms with Crippen LogP contribution in [-0.2, 0) is 17.6 Å². The van der Waals surface area contributed by atoms with Crippen molar-refractivity contribution >= 4 is 22.8 Å². The number of carbonyl (C=O) groups is 1. The highest BCUT2D eigenvalue weighted by Gasteiger charge is 1.99. The van der Waals surface area contributed by atoms with E-state index in [-0.39, 0.29) is 5.78 Å². The Hall–Kier alpha value is -3.38. The Bertz CT molecular complexity index is 1050. The van der Waals surface area contributed by atoms with Gasteiger partial charge < -0.3 is 4.98 Å². The first-order valence-corrected chi connectivity index (χ1v) is 12.6. The van der Waals surface area contributed by atoms with Crippen molar-refractivity contribution in [2.24, 2.45) is 0 Å². The minimum Gasteiger partial charge on any atom is -0.361 e. The Morgan fingerprint density at radius 2 is 1.66 bits per heavy atom. The van der Waals surface area contributed by atoms with E-state index in [1.165, 1.54) is 66.6 Å². The van der Waals surface area contributed by atoms with Crippen molar-refractivity contribution in [1.82, 2.24) is 4.98 Å². The lowest BCUT2D eigenvalue weighted by atomic mass is 10.1. The fraction of sp³-hybridized carbons (Fsp3) is 0.375. The van der Waals surface area contributed by atoms with Crippen molar-refractivity contribution < 1.29 is 4.79 Å². The van der Waals surface area contributed by atoms with Crippen molar-refractivity contribution in [1.29, 1.82) is 5.26 Å². The number of fused-ring (bicyclic) bond motifs is 1. The van der Waals surface area contributed by atoms with Gasteiger partial charge in [-0.25, -0.2) is 0 Å². The van der Waals surface area contributed by atoms with Crippen LogP contribution in [0.5, 0.6) is 0 Å². The predicted octanol–water partition coefficient (Wildman–Crippen LogP) is 9.25. The number of aryl methyl sites for hydroxylation is 2. The van der Waals surface area contributed by atoms with Crippen molar-refractivity contribution in [3.05, 3.63) is 89.6 Å². The number of unbranched alkanes of at least 4 members (excludes halogenated alkanes) is 1. The summed E-state index contributed by atoms with van der Waals surface area (Å²) in [5.74, 6) is 0.0829. The summed E-state index contributed by atoms with van der Waals surface area (Å²) in [6, 6.07) is 18.4. The lowest BCUT2D eigenvalue weighted by Gasteiger charge is -1.96. The maximum atomic E-state index is 10.7. The average molecular weight is 473 g/mol. The number of nitrogens with zero attached hydrogens (tertiary/aromatic N) is 1. The monoisotopic (exact) mass is 472 g/mol. The van der Waals surface area contributed by atoms with Crippen LogP contribution < -0.4 is 0 Å². The predicted molar refractivity (Wildman–Crippen MR) is 153 cm³/mol. The maximum Gasteiger partial charge on any atom is 0.152 e. The van der Waals surface area contributed by atoms with Crippen molar-refractivity contribution in [2.45, 2.75) is 80.1 Å². The third-order valence-corrected chi connectivity index (χ3v) is 5.05. The van der Waals surface area contributed by atoms with E-state index in [1.807, 2.05) is 18.2 Å². The molecular formula is C32H44N2O. The highest BCUT2D eigenvalue weighted by atomic mass is 16.1.